The van der Waals surface area contributed by atoms with Crippen molar-refractivity contribution in [3.8, 4) is 11.3 Å². The Bertz CT molecular complexity index is 2770. The van der Waals surface area contributed by atoms with Crippen LogP contribution in [0.4, 0.5) is 17.3 Å². The number of anilines is 3. The second-order valence-electron chi connectivity index (χ2n) is 23.0. The topological polar surface area (TPSA) is 182 Å². The van der Waals surface area contributed by atoms with Gasteiger partial charge in [-0.05, 0) is 140 Å². The maximum atomic E-state index is 15.3. The lowest BCUT2D eigenvalue weighted by Gasteiger charge is -2.48. The molecule has 4 aromatic rings. The Balaban J connectivity index is 0.705. The molecule has 9 heterocycles. The number of carbonyl (C=O) groups is 5. The van der Waals surface area contributed by atoms with E-state index in [-0.39, 0.29) is 54.0 Å². The van der Waals surface area contributed by atoms with Gasteiger partial charge < -0.3 is 34.4 Å². The highest BCUT2D eigenvalue weighted by atomic mass is 16.2. The van der Waals surface area contributed by atoms with Crippen LogP contribution >= 0.6 is 0 Å². The first kappa shape index (κ1) is 47.1. The van der Waals surface area contributed by atoms with Crippen molar-refractivity contribution in [1.82, 2.24) is 44.7 Å². The van der Waals surface area contributed by atoms with Crippen molar-refractivity contribution in [2.45, 2.75) is 153 Å². The van der Waals surface area contributed by atoms with Gasteiger partial charge in [-0.25, -0.2) is 9.97 Å². The molecule has 0 unspecified atom stereocenters. The number of rotatable bonds is 10. The van der Waals surface area contributed by atoms with Gasteiger partial charge in [-0.15, -0.1) is 5.10 Å². The zero-order valence-electron chi connectivity index (χ0n) is 42.3. The normalized spacial score (nSPS) is 25.8. The van der Waals surface area contributed by atoms with Crippen molar-refractivity contribution in [2.24, 2.45) is 11.3 Å². The molecule has 2 aliphatic carbocycles. The standard InChI is InChI=1S/C55H70N12O5/c1-34(2)66-33-56-44-32-43(58-49(48(44)66)57-37-8-9-37)36-7-11-41-45(29-36)67(39-30-38(31-39)62-21-5-4-6-22-62)53(72)55(41)19-27-65(28-20-55)52(71)54(3)17-25-64(26-18-54)51(70)35-15-23-63(24-16-35)46-13-12-42(60-61-46)40-10-14-47(68)59-50(40)69/h7,11-13,29,32-35,37-40H,4-6,8-10,14-28,30-31H2,1-3H3,(H,57,58)(H,59,68,69)/t38?,39?,40-/m1/s1. The molecule has 17 heteroatoms. The molecular weight excluding hydrogens is 909 g/mol. The van der Waals surface area contributed by atoms with Gasteiger partial charge in [0.2, 0.25) is 29.5 Å². The highest BCUT2D eigenvalue weighted by molar-refractivity contribution is 6.09. The number of imide groups is 1. The van der Waals surface area contributed by atoms with Crippen molar-refractivity contribution in [2.75, 3.05) is 67.5 Å². The molecule has 3 aromatic heterocycles. The lowest BCUT2D eigenvalue weighted by atomic mass is 9.72. The van der Waals surface area contributed by atoms with Gasteiger partial charge in [-0.3, -0.25) is 29.3 Å². The summed E-state index contributed by atoms with van der Waals surface area (Å²) in [7, 11) is 0. The molecule has 17 nitrogen and oxygen atoms in total. The summed E-state index contributed by atoms with van der Waals surface area (Å²) in [5, 5.41) is 14.9. The minimum Gasteiger partial charge on any atom is -0.366 e. The van der Waals surface area contributed by atoms with E-state index in [2.05, 4.69) is 85.1 Å². The number of pyridine rings is 1. The Morgan fingerprint density at radius 1 is 0.792 bits per heavy atom. The van der Waals surface area contributed by atoms with E-state index in [9.17, 15) is 19.2 Å². The third kappa shape index (κ3) is 8.40. The van der Waals surface area contributed by atoms with E-state index in [0.29, 0.717) is 108 Å². The van der Waals surface area contributed by atoms with Crippen LogP contribution in [-0.4, -0.2) is 139 Å². The van der Waals surface area contributed by atoms with Crippen LogP contribution in [0.1, 0.15) is 140 Å². The summed E-state index contributed by atoms with van der Waals surface area (Å²) in [4.78, 5) is 88.8. The Kier molecular flexibility index (Phi) is 12.1. The Labute approximate surface area is 421 Å². The number of benzene rings is 1. The van der Waals surface area contributed by atoms with Crippen LogP contribution in [0.3, 0.4) is 0 Å². The first-order valence-corrected chi connectivity index (χ1v) is 27.2. The number of hydrogen-bond donors (Lipinski definition) is 2. The van der Waals surface area contributed by atoms with E-state index in [1.807, 2.05) is 28.3 Å². The van der Waals surface area contributed by atoms with Gasteiger partial charge in [0.15, 0.2) is 11.6 Å². The van der Waals surface area contributed by atoms with Crippen LogP contribution in [-0.2, 0) is 29.4 Å². The monoisotopic (exact) mass is 979 g/mol. The Hall–Kier alpha value is -5.97. The molecule has 0 bridgehead atoms. The predicted molar refractivity (Wildman–Crippen MR) is 273 cm³/mol. The fourth-order valence-corrected chi connectivity index (χ4v) is 13.3. The maximum absolute atomic E-state index is 15.3. The van der Waals surface area contributed by atoms with Crippen molar-refractivity contribution in [3.63, 3.8) is 0 Å². The molecule has 2 N–H and O–H groups in total. The maximum Gasteiger partial charge on any atom is 0.238 e. The molecular formula is C55H70N12O5. The molecule has 0 radical (unpaired) electrons. The summed E-state index contributed by atoms with van der Waals surface area (Å²) in [6.07, 6.45) is 14.5. The van der Waals surface area contributed by atoms with Crippen molar-refractivity contribution in [3.05, 3.63) is 54.0 Å². The molecule has 380 valence electrons. The van der Waals surface area contributed by atoms with E-state index >= 15 is 4.79 Å². The molecule has 5 saturated heterocycles. The van der Waals surface area contributed by atoms with Crippen LogP contribution in [0.5, 0.6) is 0 Å². The van der Waals surface area contributed by atoms with Gasteiger partial charge in [0.25, 0.3) is 0 Å². The number of imidazole rings is 1. The van der Waals surface area contributed by atoms with Gasteiger partial charge >= 0.3 is 0 Å². The molecule has 8 aliphatic rings. The lowest BCUT2D eigenvalue weighted by molar-refractivity contribution is -0.150. The number of amides is 5. The highest BCUT2D eigenvalue weighted by Gasteiger charge is 2.56. The number of hydrogen-bond acceptors (Lipinski definition) is 12. The average molecular weight is 979 g/mol. The number of fused-ring (bicyclic) bond motifs is 3. The summed E-state index contributed by atoms with van der Waals surface area (Å²) >= 11 is 0. The zero-order chi connectivity index (χ0) is 49.5. The second kappa shape index (κ2) is 18.5. The smallest absolute Gasteiger partial charge is 0.238 e. The molecule has 72 heavy (non-hydrogen) atoms. The fraction of sp³-hybridized carbons (Fsp3) is 0.618. The van der Waals surface area contributed by atoms with E-state index in [0.717, 1.165) is 78.1 Å². The number of carbonyl (C=O) groups excluding carboxylic acids is 5. The summed E-state index contributed by atoms with van der Waals surface area (Å²) in [5.41, 5.74) is 5.17. The van der Waals surface area contributed by atoms with E-state index in [1.165, 1.54) is 19.3 Å². The SMILES string of the molecule is CC(C)n1cnc2cc(-c3ccc4c(c3)N(C3CC(N5CCCCC5)C3)C(=O)C43CCN(C(=O)C4(C)CCN(C(=O)C5CCN(c6ccc([C@H]7CCC(=O)NC7=O)nn6)CC5)CC4)CC3)nc(NC3CC3)c21. The average Bonchev–Trinajstić information content (AvgIpc) is 4.05. The molecule has 1 spiro atoms. The number of nitrogens with one attached hydrogen (secondary N) is 2. The molecule has 2 saturated carbocycles. The minimum atomic E-state index is -0.689. The first-order chi connectivity index (χ1) is 34.9. The Morgan fingerprint density at radius 2 is 1.53 bits per heavy atom. The minimum absolute atomic E-state index is 0.0929. The van der Waals surface area contributed by atoms with E-state index < -0.39 is 16.7 Å². The van der Waals surface area contributed by atoms with Crippen molar-refractivity contribution >= 4 is 57.9 Å². The van der Waals surface area contributed by atoms with Crippen LogP contribution in [0.15, 0.2) is 42.7 Å². The predicted octanol–water partition coefficient (Wildman–Crippen LogP) is 6.33. The fourth-order valence-electron chi connectivity index (χ4n) is 13.3. The second-order valence-corrected chi connectivity index (χ2v) is 23.0. The zero-order valence-corrected chi connectivity index (χ0v) is 42.3. The molecule has 6 aliphatic heterocycles. The molecule has 7 fully saturated rings. The van der Waals surface area contributed by atoms with Crippen LogP contribution in [0, 0.1) is 11.3 Å². The molecule has 1 aromatic carbocycles. The quantitative estimate of drug-likeness (QED) is 0.169. The van der Waals surface area contributed by atoms with Gasteiger partial charge in [0.05, 0.1) is 34.6 Å². The summed E-state index contributed by atoms with van der Waals surface area (Å²) in [5.74, 6) is 0.926. The van der Waals surface area contributed by atoms with Crippen molar-refractivity contribution < 1.29 is 24.0 Å². The summed E-state index contributed by atoms with van der Waals surface area (Å²) in [6.45, 7) is 12.2. The number of nitrogens with zero attached hydrogens (tertiary/aromatic N) is 10. The van der Waals surface area contributed by atoms with Crippen LogP contribution in [0.25, 0.3) is 22.3 Å². The van der Waals surface area contributed by atoms with Gasteiger partial charge in [-0.1, -0.05) is 25.5 Å². The number of likely N-dealkylation sites (tertiary alicyclic amines) is 3. The lowest BCUT2D eigenvalue weighted by Crippen LogP contribution is -2.59. The summed E-state index contributed by atoms with van der Waals surface area (Å²) < 4.78 is 2.20. The van der Waals surface area contributed by atoms with Crippen LogP contribution < -0.4 is 20.4 Å². The number of piperidine rings is 5. The highest BCUT2D eigenvalue weighted by Crippen LogP contribution is 2.53. The van der Waals surface area contributed by atoms with E-state index in [1.54, 1.807) is 0 Å². The van der Waals surface area contributed by atoms with Crippen molar-refractivity contribution in [1.29, 1.82) is 0 Å². The Morgan fingerprint density at radius 3 is 2.21 bits per heavy atom. The van der Waals surface area contributed by atoms with Gasteiger partial charge in [0.1, 0.15) is 5.52 Å². The largest absolute Gasteiger partial charge is 0.366 e. The first-order valence-electron chi connectivity index (χ1n) is 27.2. The van der Waals surface area contributed by atoms with Crippen LogP contribution in [0.2, 0.25) is 0 Å². The number of aromatic nitrogens is 5. The third-order valence-electron chi connectivity index (χ3n) is 18.1. The molecule has 5 amide bonds. The van der Waals surface area contributed by atoms with Gasteiger partial charge in [0, 0.05) is 92.4 Å². The summed E-state index contributed by atoms with van der Waals surface area (Å²) in [6, 6.07) is 13.7. The van der Waals surface area contributed by atoms with E-state index in [4.69, 9.17) is 9.97 Å². The molecule has 1 atom stereocenters. The van der Waals surface area contributed by atoms with Gasteiger partial charge in [-0.2, -0.15) is 5.10 Å². The third-order valence-corrected chi connectivity index (χ3v) is 18.1. The molecule has 12 rings (SSSR count).